The number of halogens is 2. The summed E-state index contributed by atoms with van der Waals surface area (Å²) in [6.45, 7) is 2.31. The lowest BCUT2D eigenvalue weighted by Crippen LogP contribution is -2.23. The zero-order valence-electron chi connectivity index (χ0n) is 17.0. The maximum absolute atomic E-state index is 13.7. The smallest absolute Gasteiger partial charge is 0.280 e. The third-order valence-electron chi connectivity index (χ3n) is 5.20. The molecule has 0 fully saturated rings. The van der Waals surface area contributed by atoms with Crippen molar-refractivity contribution in [2.75, 3.05) is 6.79 Å². The van der Waals surface area contributed by atoms with Crippen LogP contribution in [-0.4, -0.2) is 27.3 Å². The normalized spacial score (nSPS) is 12.5. The average Bonchev–Trinajstić information content (AvgIpc) is 3.43. The number of nitrogens with zero attached hydrogens (tertiary/aromatic N) is 3. The Kier molecular flexibility index (Phi) is 4.93. The molecule has 1 amide bonds. The Hall–Kier alpha value is -4.01. The van der Waals surface area contributed by atoms with Crippen LogP contribution in [0.15, 0.2) is 54.7 Å². The van der Waals surface area contributed by atoms with Gasteiger partial charge in [0.1, 0.15) is 11.3 Å². The average molecular weight is 436 g/mol. The lowest BCUT2D eigenvalue weighted by molar-refractivity contribution is 0.0952. The van der Waals surface area contributed by atoms with Crippen molar-refractivity contribution >= 4 is 11.6 Å². The third-order valence-corrected chi connectivity index (χ3v) is 5.20. The van der Waals surface area contributed by atoms with Crippen molar-refractivity contribution in [3.05, 3.63) is 77.1 Å². The number of aryl methyl sites for hydroxylation is 1. The van der Waals surface area contributed by atoms with Crippen molar-refractivity contribution in [3.63, 3.8) is 0 Å². The number of aromatic nitrogens is 3. The molecule has 1 aliphatic rings. The van der Waals surface area contributed by atoms with Gasteiger partial charge in [-0.1, -0.05) is 35.9 Å². The fourth-order valence-electron chi connectivity index (χ4n) is 3.50. The van der Waals surface area contributed by atoms with Crippen LogP contribution >= 0.6 is 0 Å². The first kappa shape index (κ1) is 19.9. The van der Waals surface area contributed by atoms with Crippen LogP contribution in [0, 0.1) is 6.92 Å². The molecule has 2 aromatic heterocycles. The molecular formula is C23H18F2N4O3. The van der Waals surface area contributed by atoms with E-state index in [1.807, 2.05) is 25.1 Å². The van der Waals surface area contributed by atoms with Crippen molar-refractivity contribution < 1.29 is 23.0 Å². The van der Waals surface area contributed by atoms with Crippen molar-refractivity contribution in [3.8, 4) is 22.8 Å². The van der Waals surface area contributed by atoms with Crippen LogP contribution in [0.4, 0.5) is 8.78 Å². The minimum Gasteiger partial charge on any atom is -0.454 e. The monoisotopic (exact) mass is 436 g/mol. The van der Waals surface area contributed by atoms with E-state index in [0.717, 1.165) is 15.6 Å². The maximum atomic E-state index is 13.7. The highest BCUT2D eigenvalue weighted by atomic mass is 19.3. The number of amides is 1. The van der Waals surface area contributed by atoms with E-state index >= 15 is 0 Å². The third kappa shape index (κ3) is 3.62. The highest BCUT2D eigenvalue weighted by Gasteiger charge is 2.22. The molecule has 3 heterocycles. The number of hydrogen-bond acceptors (Lipinski definition) is 5. The number of carbonyl (C=O) groups excluding carboxylic acids is 1. The fraction of sp³-hybridized carbons (Fsp3) is 0.174. The van der Waals surface area contributed by atoms with E-state index in [9.17, 15) is 13.6 Å². The number of nitrogens with one attached hydrogen (secondary N) is 1. The molecule has 0 aliphatic carbocycles. The number of benzene rings is 2. The first-order valence-corrected chi connectivity index (χ1v) is 9.90. The number of alkyl halides is 2. The highest BCUT2D eigenvalue weighted by Crippen LogP contribution is 2.32. The number of carbonyl (C=O) groups is 1. The topological polar surface area (TPSA) is 77.8 Å². The molecule has 0 saturated carbocycles. The van der Waals surface area contributed by atoms with E-state index in [0.29, 0.717) is 22.8 Å². The van der Waals surface area contributed by atoms with Gasteiger partial charge in [-0.25, -0.2) is 18.3 Å². The van der Waals surface area contributed by atoms with Gasteiger partial charge in [0.25, 0.3) is 12.3 Å². The van der Waals surface area contributed by atoms with Gasteiger partial charge in [-0.2, -0.15) is 5.10 Å². The molecule has 32 heavy (non-hydrogen) atoms. The standard InChI is InChI=1S/C23H18F2N4O3/c1-13-2-5-15(6-3-13)17-9-18(21(24)25)29-22(28-17)16(11-27-29)23(30)26-10-14-4-7-19-20(8-14)32-12-31-19/h2-9,11,21H,10,12H2,1H3,(H,26,30). The van der Waals surface area contributed by atoms with Crippen LogP contribution < -0.4 is 14.8 Å². The lowest BCUT2D eigenvalue weighted by atomic mass is 10.1. The molecule has 0 spiro atoms. The number of hydrogen-bond donors (Lipinski definition) is 1. The zero-order chi connectivity index (χ0) is 22.2. The van der Waals surface area contributed by atoms with E-state index in [-0.39, 0.29) is 30.2 Å². The van der Waals surface area contributed by atoms with Gasteiger partial charge in [-0.3, -0.25) is 4.79 Å². The van der Waals surface area contributed by atoms with Crippen LogP contribution in [0.1, 0.15) is 33.6 Å². The minimum absolute atomic E-state index is 0.0709. The molecule has 162 valence electrons. The van der Waals surface area contributed by atoms with Gasteiger partial charge < -0.3 is 14.8 Å². The summed E-state index contributed by atoms with van der Waals surface area (Å²) in [5, 5.41) is 6.77. The number of rotatable bonds is 5. The summed E-state index contributed by atoms with van der Waals surface area (Å²) < 4.78 is 39.1. The second-order valence-corrected chi connectivity index (χ2v) is 7.40. The summed E-state index contributed by atoms with van der Waals surface area (Å²) in [4.78, 5) is 17.3. The molecule has 0 bridgehead atoms. The molecule has 4 aromatic rings. The molecule has 7 nitrogen and oxygen atoms in total. The van der Waals surface area contributed by atoms with Crippen molar-refractivity contribution in [2.45, 2.75) is 19.9 Å². The molecule has 0 radical (unpaired) electrons. The quantitative estimate of drug-likeness (QED) is 0.505. The van der Waals surface area contributed by atoms with Gasteiger partial charge in [0.15, 0.2) is 17.1 Å². The van der Waals surface area contributed by atoms with Gasteiger partial charge in [0.2, 0.25) is 6.79 Å². The molecule has 1 aliphatic heterocycles. The first-order valence-electron chi connectivity index (χ1n) is 9.90. The molecule has 0 saturated heterocycles. The zero-order valence-corrected chi connectivity index (χ0v) is 17.0. The van der Waals surface area contributed by atoms with Crippen LogP contribution in [0.25, 0.3) is 16.9 Å². The molecule has 0 unspecified atom stereocenters. The van der Waals surface area contributed by atoms with E-state index in [1.54, 1.807) is 24.3 Å². The van der Waals surface area contributed by atoms with Gasteiger partial charge >= 0.3 is 0 Å². The van der Waals surface area contributed by atoms with Gasteiger partial charge in [0, 0.05) is 12.1 Å². The van der Waals surface area contributed by atoms with E-state index in [1.165, 1.54) is 12.3 Å². The molecule has 0 atom stereocenters. The Morgan fingerprint density at radius 3 is 2.69 bits per heavy atom. The molecular weight excluding hydrogens is 418 g/mol. The largest absolute Gasteiger partial charge is 0.454 e. The van der Waals surface area contributed by atoms with Crippen LogP contribution in [0.5, 0.6) is 11.5 Å². The van der Waals surface area contributed by atoms with E-state index in [2.05, 4.69) is 15.4 Å². The summed E-state index contributed by atoms with van der Waals surface area (Å²) in [6.07, 6.45) is -1.53. The van der Waals surface area contributed by atoms with Gasteiger partial charge in [0.05, 0.1) is 11.9 Å². The Bertz CT molecular complexity index is 1320. The van der Waals surface area contributed by atoms with E-state index in [4.69, 9.17) is 9.47 Å². The lowest BCUT2D eigenvalue weighted by Gasteiger charge is -2.09. The van der Waals surface area contributed by atoms with Crippen LogP contribution in [-0.2, 0) is 6.54 Å². The van der Waals surface area contributed by atoms with Crippen molar-refractivity contribution in [1.29, 1.82) is 0 Å². The van der Waals surface area contributed by atoms with Crippen LogP contribution in [0.3, 0.4) is 0 Å². The maximum Gasteiger partial charge on any atom is 0.280 e. The predicted octanol–water partition coefficient (Wildman–Crippen LogP) is 4.30. The predicted molar refractivity (Wildman–Crippen MR) is 112 cm³/mol. The Morgan fingerprint density at radius 2 is 1.91 bits per heavy atom. The molecule has 5 rings (SSSR count). The fourth-order valence-corrected chi connectivity index (χ4v) is 3.50. The minimum atomic E-state index is -2.78. The number of ether oxygens (including phenoxy) is 2. The Labute approximate surface area is 181 Å². The number of fused-ring (bicyclic) bond motifs is 2. The van der Waals surface area contributed by atoms with Gasteiger partial charge in [-0.05, 0) is 30.7 Å². The first-order chi connectivity index (χ1) is 15.5. The summed E-state index contributed by atoms with van der Waals surface area (Å²) >= 11 is 0. The van der Waals surface area contributed by atoms with Crippen molar-refractivity contribution in [2.24, 2.45) is 0 Å². The van der Waals surface area contributed by atoms with E-state index < -0.39 is 12.3 Å². The van der Waals surface area contributed by atoms with Crippen molar-refractivity contribution in [1.82, 2.24) is 19.9 Å². The summed E-state index contributed by atoms with van der Waals surface area (Å²) in [7, 11) is 0. The second kappa shape index (κ2) is 7.92. The van der Waals surface area contributed by atoms with Crippen LogP contribution in [0.2, 0.25) is 0 Å². The Morgan fingerprint density at radius 1 is 1.12 bits per heavy atom. The molecule has 2 aromatic carbocycles. The highest BCUT2D eigenvalue weighted by molar-refractivity contribution is 5.99. The SMILES string of the molecule is Cc1ccc(-c2cc(C(F)F)n3ncc(C(=O)NCc4ccc5c(c4)OCO5)c3n2)cc1. The van der Waals surface area contributed by atoms with Gasteiger partial charge in [-0.15, -0.1) is 0 Å². The molecule has 1 N–H and O–H groups in total. The second-order valence-electron chi connectivity index (χ2n) is 7.40. The summed E-state index contributed by atoms with van der Waals surface area (Å²) in [5.74, 6) is 0.792. The Balaban J connectivity index is 1.46. The summed E-state index contributed by atoms with van der Waals surface area (Å²) in [5.41, 5.74) is 2.71. The molecule has 9 heteroatoms. The summed E-state index contributed by atoms with van der Waals surface area (Å²) in [6, 6.07) is 14.0.